The normalized spacial score (nSPS) is 16.4. The van der Waals surface area contributed by atoms with E-state index in [-0.39, 0.29) is 11.3 Å². The molecule has 2 aromatic rings. The minimum Gasteiger partial charge on any atom is -0.496 e. The molecular formula is C19H24ClN3O4. The highest BCUT2D eigenvalue weighted by atomic mass is 35.5. The zero-order valence-corrected chi connectivity index (χ0v) is 16.6. The van der Waals surface area contributed by atoms with Crippen molar-refractivity contribution in [3.05, 3.63) is 40.5 Å². The molecule has 2 heterocycles. The molecule has 1 aromatic heterocycles. The molecule has 0 atom stereocenters. The van der Waals surface area contributed by atoms with E-state index in [4.69, 9.17) is 25.6 Å². The molecule has 0 saturated carbocycles. The molecule has 7 nitrogen and oxygen atoms in total. The van der Waals surface area contributed by atoms with Crippen molar-refractivity contribution in [3.63, 3.8) is 0 Å². The van der Waals surface area contributed by atoms with Crippen LogP contribution in [0.5, 0.6) is 5.75 Å². The average Bonchev–Trinajstić information content (AvgIpc) is 3.13. The van der Waals surface area contributed by atoms with Gasteiger partial charge in [0.25, 0.3) is 5.91 Å². The number of hydrogen-bond acceptors (Lipinski definition) is 6. The van der Waals surface area contributed by atoms with Gasteiger partial charge in [0.05, 0.1) is 12.7 Å². The molecule has 0 bridgehead atoms. The quantitative estimate of drug-likeness (QED) is 0.749. The summed E-state index contributed by atoms with van der Waals surface area (Å²) in [5, 5.41) is 4.66. The molecule has 27 heavy (non-hydrogen) atoms. The molecule has 8 heteroatoms. The monoisotopic (exact) mass is 393 g/mol. The van der Waals surface area contributed by atoms with Gasteiger partial charge in [-0.25, -0.2) is 0 Å². The third-order valence-corrected chi connectivity index (χ3v) is 5.42. The highest BCUT2D eigenvalue weighted by molar-refractivity contribution is 6.31. The van der Waals surface area contributed by atoms with Crippen molar-refractivity contribution in [2.45, 2.75) is 31.6 Å². The lowest BCUT2D eigenvalue weighted by atomic mass is 9.75. The van der Waals surface area contributed by atoms with Crippen molar-refractivity contribution in [2.24, 2.45) is 0 Å². The maximum atomic E-state index is 13.0. The van der Waals surface area contributed by atoms with Gasteiger partial charge in [0.2, 0.25) is 5.89 Å². The van der Waals surface area contributed by atoms with E-state index in [0.29, 0.717) is 47.7 Å². The first-order chi connectivity index (χ1) is 13.0. The standard InChI is InChI=1S/C19H24ClN3O4/c1-13-21-18(22-27-13)19(8-11-25-2)6-9-23(10-7-19)17(24)15-12-14(20)4-5-16(15)26-3/h4-5,12H,6-11H2,1-3H3. The second kappa shape index (κ2) is 8.27. The molecule has 0 spiro atoms. The predicted molar refractivity (Wildman–Crippen MR) is 100 cm³/mol. The summed E-state index contributed by atoms with van der Waals surface area (Å²) in [5.74, 6) is 1.68. The van der Waals surface area contributed by atoms with Crippen LogP contribution in [0.15, 0.2) is 22.7 Å². The fraction of sp³-hybridized carbons (Fsp3) is 0.526. The summed E-state index contributed by atoms with van der Waals surface area (Å²) in [5.41, 5.74) is 0.230. The Balaban J connectivity index is 1.78. The highest BCUT2D eigenvalue weighted by Crippen LogP contribution is 2.38. The smallest absolute Gasteiger partial charge is 0.257 e. The molecule has 1 saturated heterocycles. The third kappa shape index (κ3) is 4.09. The van der Waals surface area contributed by atoms with Crippen molar-refractivity contribution in [3.8, 4) is 5.75 Å². The van der Waals surface area contributed by atoms with Crippen LogP contribution in [0.4, 0.5) is 0 Å². The number of ether oxygens (including phenoxy) is 2. The van der Waals surface area contributed by atoms with Crippen molar-refractivity contribution in [1.82, 2.24) is 15.0 Å². The SMILES string of the molecule is COCCC1(c2noc(C)n2)CCN(C(=O)c2cc(Cl)ccc2OC)CC1. The average molecular weight is 394 g/mol. The Labute approximate surface area is 163 Å². The van der Waals surface area contributed by atoms with Gasteiger partial charge in [0.1, 0.15) is 5.75 Å². The van der Waals surface area contributed by atoms with Gasteiger partial charge in [-0.05, 0) is 37.5 Å². The van der Waals surface area contributed by atoms with Crippen LogP contribution in [0.25, 0.3) is 0 Å². The van der Waals surface area contributed by atoms with Crippen LogP contribution >= 0.6 is 11.6 Å². The summed E-state index contributed by atoms with van der Waals surface area (Å²) in [4.78, 5) is 19.3. The van der Waals surface area contributed by atoms with Gasteiger partial charge in [0, 0.05) is 44.2 Å². The molecular weight excluding hydrogens is 370 g/mol. The van der Waals surface area contributed by atoms with Crippen LogP contribution in [-0.2, 0) is 10.2 Å². The zero-order chi connectivity index (χ0) is 19.4. The first kappa shape index (κ1) is 19.6. The van der Waals surface area contributed by atoms with Gasteiger partial charge in [-0.15, -0.1) is 0 Å². The number of likely N-dealkylation sites (tertiary alicyclic amines) is 1. The largest absolute Gasteiger partial charge is 0.496 e. The van der Waals surface area contributed by atoms with Crippen LogP contribution < -0.4 is 4.74 Å². The molecule has 0 unspecified atom stereocenters. The summed E-state index contributed by atoms with van der Waals surface area (Å²) < 4.78 is 15.8. The molecule has 0 aliphatic carbocycles. The van der Waals surface area contributed by atoms with Crippen molar-refractivity contribution >= 4 is 17.5 Å². The number of aromatic nitrogens is 2. The number of rotatable bonds is 6. The van der Waals surface area contributed by atoms with E-state index in [1.165, 1.54) is 0 Å². The van der Waals surface area contributed by atoms with Gasteiger partial charge in [-0.2, -0.15) is 4.98 Å². The van der Waals surface area contributed by atoms with Crippen LogP contribution in [0, 0.1) is 6.92 Å². The fourth-order valence-corrected chi connectivity index (χ4v) is 3.73. The Morgan fingerprint density at radius 2 is 2.07 bits per heavy atom. The lowest BCUT2D eigenvalue weighted by molar-refractivity contribution is 0.0613. The number of benzene rings is 1. The number of hydrogen-bond donors (Lipinski definition) is 0. The Morgan fingerprint density at radius 3 is 2.67 bits per heavy atom. The zero-order valence-electron chi connectivity index (χ0n) is 15.8. The van der Waals surface area contributed by atoms with Crippen LogP contribution in [-0.4, -0.2) is 54.9 Å². The third-order valence-electron chi connectivity index (χ3n) is 5.19. The molecule has 1 fully saturated rings. The van der Waals surface area contributed by atoms with Gasteiger partial charge in [-0.3, -0.25) is 4.79 Å². The van der Waals surface area contributed by atoms with E-state index in [1.54, 1.807) is 39.3 Å². The maximum Gasteiger partial charge on any atom is 0.257 e. The molecule has 3 rings (SSSR count). The summed E-state index contributed by atoms with van der Waals surface area (Å²) in [6, 6.07) is 5.07. The number of aryl methyl sites for hydroxylation is 1. The Bertz CT molecular complexity index is 800. The minimum absolute atomic E-state index is 0.0843. The molecule has 0 N–H and O–H groups in total. The molecule has 0 radical (unpaired) electrons. The van der Waals surface area contributed by atoms with Crippen molar-refractivity contribution < 1.29 is 18.8 Å². The number of piperidine rings is 1. The molecule has 146 valence electrons. The topological polar surface area (TPSA) is 77.7 Å². The number of amides is 1. The van der Waals surface area contributed by atoms with E-state index < -0.39 is 0 Å². The van der Waals surface area contributed by atoms with Crippen molar-refractivity contribution in [1.29, 1.82) is 0 Å². The lowest BCUT2D eigenvalue weighted by Gasteiger charge is -2.40. The number of halogens is 1. The number of carbonyl (C=O) groups is 1. The van der Waals surface area contributed by atoms with Gasteiger partial charge in [-0.1, -0.05) is 16.8 Å². The number of nitrogens with zero attached hydrogens (tertiary/aromatic N) is 3. The minimum atomic E-state index is -0.247. The number of carbonyl (C=O) groups excluding carboxylic acids is 1. The van der Waals surface area contributed by atoms with E-state index in [9.17, 15) is 4.79 Å². The second-order valence-corrected chi connectivity index (χ2v) is 7.23. The van der Waals surface area contributed by atoms with E-state index >= 15 is 0 Å². The van der Waals surface area contributed by atoms with Crippen LogP contribution in [0.1, 0.15) is 41.3 Å². The second-order valence-electron chi connectivity index (χ2n) is 6.80. The highest BCUT2D eigenvalue weighted by Gasteiger charge is 2.41. The Kier molecular flexibility index (Phi) is 6.01. The van der Waals surface area contributed by atoms with Crippen LogP contribution in [0.3, 0.4) is 0 Å². The predicted octanol–water partition coefficient (Wildman–Crippen LogP) is 3.25. The van der Waals surface area contributed by atoms with Crippen molar-refractivity contribution in [2.75, 3.05) is 33.9 Å². The Hall–Kier alpha value is -2.12. The summed E-state index contributed by atoms with van der Waals surface area (Å²) >= 11 is 6.07. The first-order valence-corrected chi connectivity index (χ1v) is 9.29. The lowest BCUT2D eigenvalue weighted by Crippen LogP contribution is -2.46. The summed E-state index contributed by atoms with van der Waals surface area (Å²) in [6.45, 7) is 3.56. The summed E-state index contributed by atoms with van der Waals surface area (Å²) in [6.07, 6.45) is 2.26. The fourth-order valence-electron chi connectivity index (χ4n) is 3.55. The first-order valence-electron chi connectivity index (χ1n) is 8.91. The maximum absolute atomic E-state index is 13.0. The van der Waals surface area contributed by atoms with Gasteiger partial charge >= 0.3 is 0 Å². The van der Waals surface area contributed by atoms with Gasteiger partial charge in [0.15, 0.2) is 5.82 Å². The van der Waals surface area contributed by atoms with E-state index in [1.807, 2.05) is 4.90 Å². The van der Waals surface area contributed by atoms with E-state index in [2.05, 4.69) is 10.1 Å². The molecule has 1 aliphatic heterocycles. The molecule has 1 aliphatic rings. The van der Waals surface area contributed by atoms with E-state index in [0.717, 1.165) is 19.3 Å². The molecule has 1 amide bonds. The Morgan fingerprint density at radius 1 is 1.33 bits per heavy atom. The summed E-state index contributed by atoms with van der Waals surface area (Å²) in [7, 11) is 3.23. The van der Waals surface area contributed by atoms with Gasteiger partial charge < -0.3 is 18.9 Å². The van der Waals surface area contributed by atoms with Crippen LogP contribution in [0.2, 0.25) is 5.02 Å². The molecule has 1 aromatic carbocycles. The number of methoxy groups -OCH3 is 2.